The molecule has 0 aromatic carbocycles. The Morgan fingerprint density at radius 1 is 1.19 bits per heavy atom. The van der Waals surface area contributed by atoms with Crippen molar-refractivity contribution in [2.45, 2.75) is 89.8 Å². The number of hydrogen-bond donors (Lipinski definition) is 2. The molecule has 0 aromatic heterocycles. The first-order chi connectivity index (χ1) is 10.1. The van der Waals surface area contributed by atoms with Crippen molar-refractivity contribution in [1.82, 2.24) is 10.2 Å². The Bertz CT molecular complexity index is 302. The first-order valence-corrected chi connectivity index (χ1v) is 9.22. The molecule has 0 aromatic rings. The predicted molar refractivity (Wildman–Crippen MR) is 89.5 cm³/mol. The lowest BCUT2D eigenvalue weighted by Crippen LogP contribution is -2.49. The SMILES string of the molecule is CCNC1(CO)CCC(N(CCC(C)C)C2CCCC2)C1. The molecule has 0 saturated heterocycles. The minimum atomic E-state index is -0.00585. The van der Waals surface area contributed by atoms with E-state index in [0.717, 1.165) is 31.3 Å². The van der Waals surface area contributed by atoms with Crippen LogP contribution in [0, 0.1) is 5.92 Å². The molecule has 2 rings (SSSR count). The molecule has 2 saturated carbocycles. The van der Waals surface area contributed by atoms with Crippen molar-refractivity contribution in [3.05, 3.63) is 0 Å². The Kier molecular flexibility index (Phi) is 6.51. The van der Waals surface area contributed by atoms with Gasteiger partial charge in [-0.15, -0.1) is 0 Å². The number of hydrogen-bond acceptors (Lipinski definition) is 3. The highest BCUT2D eigenvalue weighted by atomic mass is 16.3. The van der Waals surface area contributed by atoms with Crippen LogP contribution in [0.5, 0.6) is 0 Å². The Morgan fingerprint density at radius 2 is 1.90 bits per heavy atom. The second-order valence-electron chi connectivity index (χ2n) is 7.72. The van der Waals surface area contributed by atoms with E-state index in [9.17, 15) is 5.11 Å². The number of rotatable bonds is 8. The molecule has 2 N–H and O–H groups in total. The second kappa shape index (κ2) is 7.94. The fourth-order valence-electron chi connectivity index (χ4n) is 4.42. The van der Waals surface area contributed by atoms with Crippen LogP contribution >= 0.6 is 0 Å². The van der Waals surface area contributed by atoms with E-state index in [4.69, 9.17) is 0 Å². The van der Waals surface area contributed by atoms with Gasteiger partial charge in [0.25, 0.3) is 0 Å². The average molecular weight is 296 g/mol. The minimum absolute atomic E-state index is 0.00585. The van der Waals surface area contributed by atoms with Gasteiger partial charge < -0.3 is 10.4 Å². The summed E-state index contributed by atoms with van der Waals surface area (Å²) in [6.45, 7) is 9.32. The van der Waals surface area contributed by atoms with Gasteiger partial charge in [-0.2, -0.15) is 0 Å². The van der Waals surface area contributed by atoms with Crippen LogP contribution in [0.4, 0.5) is 0 Å². The maximum Gasteiger partial charge on any atom is 0.0613 e. The maximum atomic E-state index is 9.85. The van der Waals surface area contributed by atoms with Gasteiger partial charge in [-0.25, -0.2) is 0 Å². The summed E-state index contributed by atoms with van der Waals surface area (Å²) < 4.78 is 0. The first-order valence-electron chi connectivity index (χ1n) is 9.22. The van der Waals surface area contributed by atoms with Crippen molar-refractivity contribution in [1.29, 1.82) is 0 Å². The van der Waals surface area contributed by atoms with Gasteiger partial charge in [0.2, 0.25) is 0 Å². The standard InChI is InChI=1S/C18H36N2O/c1-4-19-18(14-21)11-9-17(13-18)20(12-10-15(2)3)16-7-5-6-8-16/h15-17,19,21H,4-14H2,1-3H3. The highest BCUT2D eigenvalue weighted by molar-refractivity contribution is 5.00. The Labute approximate surface area is 131 Å². The molecule has 2 aliphatic carbocycles. The van der Waals surface area contributed by atoms with Crippen LogP contribution in [0.1, 0.15) is 72.1 Å². The number of aliphatic hydroxyl groups is 1. The average Bonchev–Trinajstić information content (AvgIpc) is 3.10. The molecule has 2 fully saturated rings. The van der Waals surface area contributed by atoms with E-state index in [1.54, 1.807) is 0 Å². The van der Waals surface area contributed by atoms with Gasteiger partial charge in [-0.3, -0.25) is 4.90 Å². The number of aliphatic hydroxyl groups excluding tert-OH is 1. The Hall–Kier alpha value is -0.120. The van der Waals surface area contributed by atoms with Crippen LogP contribution < -0.4 is 5.32 Å². The summed E-state index contributed by atoms with van der Waals surface area (Å²) in [6, 6.07) is 1.49. The van der Waals surface area contributed by atoms with Crippen molar-refractivity contribution in [3.63, 3.8) is 0 Å². The fourth-order valence-corrected chi connectivity index (χ4v) is 4.42. The maximum absolute atomic E-state index is 9.85. The van der Waals surface area contributed by atoms with Crippen molar-refractivity contribution >= 4 is 0 Å². The normalized spacial score (nSPS) is 30.9. The van der Waals surface area contributed by atoms with E-state index in [1.807, 2.05) is 0 Å². The zero-order valence-corrected chi connectivity index (χ0v) is 14.4. The minimum Gasteiger partial charge on any atom is -0.394 e. The number of likely N-dealkylation sites (N-methyl/N-ethyl adjacent to an activating group) is 1. The van der Waals surface area contributed by atoms with Crippen molar-refractivity contribution < 1.29 is 5.11 Å². The molecule has 124 valence electrons. The largest absolute Gasteiger partial charge is 0.394 e. The summed E-state index contributed by atoms with van der Waals surface area (Å²) in [7, 11) is 0. The number of nitrogens with zero attached hydrogens (tertiary/aromatic N) is 1. The van der Waals surface area contributed by atoms with Gasteiger partial charge >= 0.3 is 0 Å². The van der Waals surface area contributed by atoms with Gasteiger partial charge in [0.05, 0.1) is 6.61 Å². The van der Waals surface area contributed by atoms with Crippen LogP contribution in [0.25, 0.3) is 0 Å². The Balaban J connectivity index is 1.99. The zero-order chi connectivity index (χ0) is 15.3. The monoisotopic (exact) mass is 296 g/mol. The first kappa shape index (κ1) is 17.2. The molecular formula is C18H36N2O. The van der Waals surface area contributed by atoms with E-state index in [1.165, 1.54) is 45.1 Å². The highest BCUT2D eigenvalue weighted by Gasteiger charge is 2.42. The topological polar surface area (TPSA) is 35.5 Å². The van der Waals surface area contributed by atoms with E-state index < -0.39 is 0 Å². The smallest absolute Gasteiger partial charge is 0.0613 e. The molecule has 21 heavy (non-hydrogen) atoms. The predicted octanol–water partition coefficient (Wildman–Crippen LogP) is 3.17. The molecule has 0 heterocycles. The van der Waals surface area contributed by atoms with Gasteiger partial charge in [0.1, 0.15) is 0 Å². The van der Waals surface area contributed by atoms with E-state index in [0.29, 0.717) is 12.6 Å². The lowest BCUT2D eigenvalue weighted by molar-refractivity contribution is 0.110. The van der Waals surface area contributed by atoms with Crippen LogP contribution in [0.2, 0.25) is 0 Å². The molecule has 0 radical (unpaired) electrons. The van der Waals surface area contributed by atoms with Crippen molar-refractivity contribution in [2.75, 3.05) is 19.7 Å². The Morgan fingerprint density at radius 3 is 2.48 bits per heavy atom. The van der Waals surface area contributed by atoms with E-state index in [-0.39, 0.29) is 5.54 Å². The molecule has 0 spiro atoms. The third-order valence-electron chi connectivity index (χ3n) is 5.66. The van der Waals surface area contributed by atoms with Gasteiger partial charge in [0.15, 0.2) is 0 Å². The van der Waals surface area contributed by atoms with Gasteiger partial charge in [0, 0.05) is 17.6 Å². The lowest BCUT2D eigenvalue weighted by atomic mass is 9.97. The molecule has 0 bridgehead atoms. The van der Waals surface area contributed by atoms with Crippen LogP contribution in [-0.4, -0.2) is 47.3 Å². The van der Waals surface area contributed by atoms with Gasteiger partial charge in [-0.05, 0) is 57.5 Å². The molecule has 0 aliphatic heterocycles. The molecular weight excluding hydrogens is 260 g/mol. The fraction of sp³-hybridized carbons (Fsp3) is 1.00. The quantitative estimate of drug-likeness (QED) is 0.722. The summed E-state index contributed by atoms with van der Waals surface area (Å²) in [4.78, 5) is 2.82. The van der Waals surface area contributed by atoms with Gasteiger partial charge in [-0.1, -0.05) is 33.6 Å². The van der Waals surface area contributed by atoms with Crippen molar-refractivity contribution in [3.8, 4) is 0 Å². The van der Waals surface area contributed by atoms with E-state index in [2.05, 4.69) is 31.0 Å². The third-order valence-corrected chi connectivity index (χ3v) is 5.66. The van der Waals surface area contributed by atoms with Crippen LogP contribution in [-0.2, 0) is 0 Å². The summed E-state index contributed by atoms with van der Waals surface area (Å²) in [5, 5.41) is 13.4. The molecule has 2 aliphatic rings. The third kappa shape index (κ3) is 4.43. The summed E-state index contributed by atoms with van der Waals surface area (Å²) in [5.74, 6) is 0.784. The van der Waals surface area contributed by atoms with Crippen molar-refractivity contribution in [2.24, 2.45) is 5.92 Å². The highest BCUT2D eigenvalue weighted by Crippen LogP contribution is 2.36. The summed E-state index contributed by atoms with van der Waals surface area (Å²) in [5.41, 5.74) is -0.00585. The van der Waals surface area contributed by atoms with E-state index >= 15 is 0 Å². The molecule has 2 atom stereocenters. The van der Waals surface area contributed by atoms with Crippen LogP contribution in [0.3, 0.4) is 0 Å². The van der Waals surface area contributed by atoms with Crippen LogP contribution in [0.15, 0.2) is 0 Å². The summed E-state index contributed by atoms with van der Waals surface area (Å²) >= 11 is 0. The lowest BCUT2D eigenvalue weighted by Gasteiger charge is -2.36. The number of nitrogens with one attached hydrogen (secondary N) is 1. The summed E-state index contributed by atoms with van der Waals surface area (Å²) in [6.07, 6.45) is 10.4. The second-order valence-corrected chi connectivity index (χ2v) is 7.72. The molecule has 2 unspecified atom stereocenters. The molecule has 3 heteroatoms. The molecule has 0 amide bonds. The molecule has 3 nitrogen and oxygen atoms in total. The zero-order valence-electron chi connectivity index (χ0n) is 14.4.